The van der Waals surface area contributed by atoms with Crippen LogP contribution in [0.25, 0.3) is 0 Å². The highest BCUT2D eigenvalue weighted by Crippen LogP contribution is 2.19. The zero-order valence-corrected chi connectivity index (χ0v) is 11.1. The highest BCUT2D eigenvalue weighted by atomic mass is 16.5. The molecule has 0 spiro atoms. The third-order valence-electron chi connectivity index (χ3n) is 2.82. The average molecular weight is 238 g/mol. The molecule has 96 valence electrons. The molecule has 4 nitrogen and oxygen atoms in total. The van der Waals surface area contributed by atoms with Crippen molar-refractivity contribution in [2.24, 2.45) is 0 Å². The first kappa shape index (κ1) is 13.8. The standard InChI is InChI=1S/C13H22N2O2/c1-10(9-16-3)15(2)8-11-5-12(14)7-13(6-11)17-4/h5-7,10H,8-9,14H2,1-4H3. The van der Waals surface area contributed by atoms with Gasteiger partial charge in [-0.05, 0) is 31.7 Å². The Morgan fingerprint density at radius 3 is 2.59 bits per heavy atom. The largest absolute Gasteiger partial charge is 0.497 e. The molecule has 0 fully saturated rings. The van der Waals surface area contributed by atoms with Gasteiger partial charge in [0.05, 0.1) is 13.7 Å². The number of likely N-dealkylation sites (N-methyl/N-ethyl adjacent to an activating group) is 1. The van der Waals surface area contributed by atoms with Gasteiger partial charge in [-0.1, -0.05) is 0 Å². The van der Waals surface area contributed by atoms with E-state index >= 15 is 0 Å². The van der Waals surface area contributed by atoms with Gasteiger partial charge in [0.2, 0.25) is 0 Å². The van der Waals surface area contributed by atoms with E-state index in [0.29, 0.717) is 6.04 Å². The molecule has 4 heteroatoms. The lowest BCUT2D eigenvalue weighted by Gasteiger charge is -2.24. The number of nitrogens with two attached hydrogens (primary N) is 1. The van der Waals surface area contributed by atoms with Crippen LogP contribution < -0.4 is 10.5 Å². The van der Waals surface area contributed by atoms with Gasteiger partial charge >= 0.3 is 0 Å². The molecule has 0 aliphatic heterocycles. The van der Waals surface area contributed by atoms with E-state index in [1.54, 1.807) is 14.2 Å². The predicted molar refractivity (Wildman–Crippen MR) is 70.2 cm³/mol. The molecular weight excluding hydrogens is 216 g/mol. The summed E-state index contributed by atoms with van der Waals surface area (Å²) >= 11 is 0. The molecule has 1 aromatic rings. The smallest absolute Gasteiger partial charge is 0.121 e. The lowest BCUT2D eigenvalue weighted by Crippen LogP contribution is -2.32. The maximum absolute atomic E-state index is 5.82. The number of methoxy groups -OCH3 is 2. The fourth-order valence-electron chi connectivity index (χ4n) is 1.71. The van der Waals surface area contributed by atoms with Crippen LogP contribution in [0.15, 0.2) is 18.2 Å². The molecule has 0 aromatic heterocycles. The second-order valence-corrected chi connectivity index (χ2v) is 4.33. The van der Waals surface area contributed by atoms with Gasteiger partial charge in [-0.2, -0.15) is 0 Å². The Hall–Kier alpha value is -1.26. The fraction of sp³-hybridized carbons (Fsp3) is 0.538. The maximum Gasteiger partial charge on any atom is 0.121 e. The van der Waals surface area contributed by atoms with Gasteiger partial charge in [0.15, 0.2) is 0 Å². The van der Waals surface area contributed by atoms with Gasteiger partial charge in [-0.3, -0.25) is 4.90 Å². The monoisotopic (exact) mass is 238 g/mol. The third-order valence-corrected chi connectivity index (χ3v) is 2.82. The third kappa shape index (κ3) is 4.24. The van der Waals surface area contributed by atoms with Crippen LogP contribution in [0.3, 0.4) is 0 Å². The average Bonchev–Trinajstić information content (AvgIpc) is 2.28. The zero-order valence-electron chi connectivity index (χ0n) is 11.1. The Balaban J connectivity index is 2.70. The molecule has 0 radical (unpaired) electrons. The summed E-state index contributed by atoms with van der Waals surface area (Å²) in [6.45, 7) is 3.68. The van der Waals surface area contributed by atoms with Crippen molar-refractivity contribution in [1.82, 2.24) is 4.90 Å². The normalized spacial score (nSPS) is 12.8. The van der Waals surface area contributed by atoms with Crippen LogP contribution in [0.5, 0.6) is 5.75 Å². The molecule has 1 rings (SSSR count). The van der Waals surface area contributed by atoms with Crippen LogP contribution in [-0.4, -0.2) is 38.8 Å². The van der Waals surface area contributed by atoms with Crippen LogP contribution in [-0.2, 0) is 11.3 Å². The Kier molecular flexibility index (Phi) is 5.25. The number of nitrogens with zero attached hydrogens (tertiary/aromatic N) is 1. The topological polar surface area (TPSA) is 47.7 Å². The number of anilines is 1. The van der Waals surface area contributed by atoms with Crippen LogP contribution in [0.4, 0.5) is 5.69 Å². The molecule has 0 aliphatic carbocycles. The molecular formula is C13H22N2O2. The summed E-state index contributed by atoms with van der Waals surface area (Å²) in [5, 5.41) is 0. The van der Waals surface area contributed by atoms with Crippen molar-refractivity contribution in [1.29, 1.82) is 0 Å². The Bertz CT molecular complexity index is 355. The summed E-state index contributed by atoms with van der Waals surface area (Å²) in [6.07, 6.45) is 0. The molecule has 0 amide bonds. The lowest BCUT2D eigenvalue weighted by molar-refractivity contribution is 0.112. The van der Waals surface area contributed by atoms with Crippen LogP contribution in [0, 0.1) is 0 Å². The molecule has 0 saturated heterocycles. The molecule has 17 heavy (non-hydrogen) atoms. The van der Waals surface area contributed by atoms with E-state index in [9.17, 15) is 0 Å². The van der Waals surface area contributed by atoms with Gasteiger partial charge in [0.25, 0.3) is 0 Å². The minimum atomic E-state index is 0.368. The minimum absolute atomic E-state index is 0.368. The van der Waals surface area contributed by atoms with Crippen LogP contribution in [0.1, 0.15) is 12.5 Å². The van der Waals surface area contributed by atoms with Crippen LogP contribution >= 0.6 is 0 Å². The lowest BCUT2D eigenvalue weighted by atomic mass is 10.1. The molecule has 1 atom stereocenters. The number of rotatable bonds is 6. The van der Waals surface area contributed by atoms with E-state index in [4.69, 9.17) is 15.2 Å². The van der Waals surface area contributed by atoms with Gasteiger partial charge in [-0.25, -0.2) is 0 Å². The first-order valence-electron chi connectivity index (χ1n) is 5.69. The van der Waals surface area contributed by atoms with E-state index < -0.39 is 0 Å². The summed E-state index contributed by atoms with van der Waals surface area (Å²) in [7, 11) is 5.43. The van der Waals surface area contributed by atoms with Crippen molar-refractivity contribution in [2.75, 3.05) is 33.6 Å². The van der Waals surface area contributed by atoms with E-state index in [1.807, 2.05) is 18.2 Å². The van der Waals surface area contributed by atoms with Crippen molar-refractivity contribution in [3.63, 3.8) is 0 Å². The predicted octanol–water partition coefficient (Wildman–Crippen LogP) is 1.74. The summed E-state index contributed by atoms with van der Waals surface area (Å²) in [5.74, 6) is 0.799. The Morgan fingerprint density at radius 1 is 1.29 bits per heavy atom. The van der Waals surface area contributed by atoms with Crippen molar-refractivity contribution < 1.29 is 9.47 Å². The van der Waals surface area contributed by atoms with Crippen LogP contribution in [0.2, 0.25) is 0 Å². The zero-order chi connectivity index (χ0) is 12.8. The molecule has 0 saturated carbocycles. The Morgan fingerprint density at radius 2 is 2.00 bits per heavy atom. The summed E-state index contributed by atoms with van der Waals surface area (Å²) in [5.41, 5.74) is 7.70. The first-order valence-corrected chi connectivity index (χ1v) is 5.69. The number of hydrogen-bond acceptors (Lipinski definition) is 4. The summed E-state index contributed by atoms with van der Waals surface area (Å²) in [6, 6.07) is 6.17. The van der Waals surface area contributed by atoms with Crippen molar-refractivity contribution in [2.45, 2.75) is 19.5 Å². The molecule has 1 aromatic carbocycles. The molecule has 2 N–H and O–H groups in total. The minimum Gasteiger partial charge on any atom is -0.497 e. The maximum atomic E-state index is 5.82. The summed E-state index contributed by atoms with van der Waals surface area (Å²) < 4.78 is 10.3. The second-order valence-electron chi connectivity index (χ2n) is 4.33. The summed E-state index contributed by atoms with van der Waals surface area (Å²) in [4.78, 5) is 2.22. The first-order chi connectivity index (χ1) is 8.06. The number of ether oxygens (including phenoxy) is 2. The molecule has 0 bridgehead atoms. The van der Waals surface area contributed by atoms with Gasteiger partial charge in [-0.15, -0.1) is 0 Å². The van der Waals surface area contributed by atoms with Crippen molar-refractivity contribution >= 4 is 5.69 Å². The second kappa shape index (κ2) is 6.47. The highest BCUT2D eigenvalue weighted by Gasteiger charge is 2.10. The number of benzene rings is 1. The van der Waals surface area contributed by atoms with Gasteiger partial charge < -0.3 is 15.2 Å². The van der Waals surface area contributed by atoms with Gasteiger partial charge in [0.1, 0.15) is 5.75 Å². The Labute approximate surface area is 103 Å². The van der Waals surface area contributed by atoms with E-state index in [0.717, 1.165) is 30.2 Å². The quantitative estimate of drug-likeness (QED) is 0.767. The molecule has 0 aliphatic rings. The van der Waals surface area contributed by atoms with E-state index in [-0.39, 0.29) is 0 Å². The highest BCUT2D eigenvalue weighted by molar-refractivity contribution is 5.47. The van der Waals surface area contributed by atoms with Crippen molar-refractivity contribution in [3.8, 4) is 5.75 Å². The van der Waals surface area contributed by atoms with Gasteiger partial charge in [0, 0.05) is 31.5 Å². The van der Waals surface area contributed by atoms with E-state index in [2.05, 4.69) is 18.9 Å². The molecule has 0 heterocycles. The fourth-order valence-corrected chi connectivity index (χ4v) is 1.71. The SMILES string of the molecule is COCC(C)N(C)Cc1cc(N)cc(OC)c1. The number of nitrogen functional groups attached to an aromatic ring is 1. The van der Waals surface area contributed by atoms with E-state index in [1.165, 1.54) is 0 Å². The van der Waals surface area contributed by atoms with Crippen molar-refractivity contribution in [3.05, 3.63) is 23.8 Å². The number of hydrogen-bond donors (Lipinski definition) is 1. The molecule has 1 unspecified atom stereocenters.